The molecule has 2 aromatic rings. The number of hydrogen-bond acceptors (Lipinski definition) is 4. The van der Waals surface area contributed by atoms with Crippen molar-refractivity contribution >= 4 is 21.7 Å². The van der Waals surface area contributed by atoms with Crippen molar-refractivity contribution in [3.8, 4) is 0 Å². The normalized spacial score (nSPS) is 15.1. The molecule has 1 amide bonds. The molecule has 1 aliphatic rings. The van der Waals surface area contributed by atoms with E-state index in [0.29, 0.717) is 36.5 Å². The number of rotatable bonds is 9. The molecule has 2 aromatic carbocycles. The van der Waals surface area contributed by atoms with Crippen LogP contribution in [0.25, 0.3) is 0 Å². The van der Waals surface area contributed by atoms with Gasteiger partial charge in [-0.3, -0.25) is 9.59 Å². The zero-order valence-electron chi connectivity index (χ0n) is 19.6. The molecule has 0 aliphatic carbocycles. The Bertz CT molecular complexity index is 1070. The van der Waals surface area contributed by atoms with E-state index in [4.69, 9.17) is 0 Å². The summed E-state index contributed by atoms with van der Waals surface area (Å²) in [5.74, 6) is -0.193. The van der Waals surface area contributed by atoms with Crippen LogP contribution in [0.5, 0.6) is 0 Å². The smallest absolute Gasteiger partial charge is 0.243 e. The van der Waals surface area contributed by atoms with Crippen LogP contribution in [0.1, 0.15) is 65.6 Å². The Morgan fingerprint density at radius 3 is 2.18 bits per heavy atom. The van der Waals surface area contributed by atoms with Crippen molar-refractivity contribution in [2.45, 2.75) is 63.7 Å². The molecule has 0 bridgehead atoms. The molecule has 3 rings (SSSR count). The van der Waals surface area contributed by atoms with Gasteiger partial charge in [0.2, 0.25) is 15.9 Å². The second-order valence-corrected chi connectivity index (χ2v) is 10.7. The molecule has 6 nitrogen and oxygen atoms in total. The van der Waals surface area contributed by atoms with E-state index in [0.717, 1.165) is 42.4 Å². The lowest BCUT2D eigenvalue weighted by Gasteiger charge is -2.20. The number of hydrogen-bond donors (Lipinski definition) is 1. The Balaban J connectivity index is 1.44. The highest BCUT2D eigenvalue weighted by Gasteiger charge is 2.24. The van der Waals surface area contributed by atoms with E-state index in [9.17, 15) is 18.0 Å². The molecule has 178 valence electrons. The standard InChI is InChI=1S/C26H34N2O4S/c1-20-7-10-23(19-21(20)2)25(29)13-14-26(30)27-16-15-22-8-11-24(12-9-22)33(31,32)28-17-5-3-4-6-18-28/h7-12,19H,3-6,13-18H2,1-2H3,(H,27,30). The van der Waals surface area contributed by atoms with Gasteiger partial charge in [0.05, 0.1) is 4.90 Å². The predicted molar refractivity (Wildman–Crippen MR) is 130 cm³/mol. The summed E-state index contributed by atoms with van der Waals surface area (Å²) in [6, 6.07) is 12.5. The summed E-state index contributed by atoms with van der Waals surface area (Å²) in [4.78, 5) is 24.8. The number of benzene rings is 2. The minimum Gasteiger partial charge on any atom is -0.356 e. The van der Waals surface area contributed by atoms with Gasteiger partial charge in [-0.25, -0.2) is 8.42 Å². The topological polar surface area (TPSA) is 83.5 Å². The zero-order chi connectivity index (χ0) is 23.8. The molecule has 1 aliphatic heterocycles. The van der Waals surface area contributed by atoms with E-state index < -0.39 is 10.0 Å². The van der Waals surface area contributed by atoms with Crippen LogP contribution in [0.2, 0.25) is 0 Å². The van der Waals surface area contributed by atoms with Gasteiger partial charge in [0, 0.05) is 38.0 Å². The second kappa shape index (κ2) is 11.6. The molecule has 0 atom stereocenters. The van der Waals surface area contributed by atoms with E-state index in [1.807, 2.05) is 26.0 Å². The van der Waals surface area contributed by atoms with Crippen molar-refractivity contribution in [3.05, 3.63) is 64.7 Å². The van der Waals surface area contributed by atoms with Crippen molar-refractivity contribution in [1.82, 2.24) is 9.62 Å². The monoisotopic (exact) mass is 470 g/mol. The fraction of sp³-hybridized carbons (Fsp3) is 0.462. The molecule has 1 N–H and O–H groups in total. The number of amides is 1. The maximum atomic E-state index is 12.9. The lowest BCUT2D eigenvalue weighted by Crippen LogP contribution is -2.31. The van der Waals surface area contributed by atoms with Crippen LogP contribution < -0.4 is 5.32 Å². The largest absolute Gasteiger partial charge is 0.356 e. The average Bonchev–Trinajstić information content (AvgIpc) is 3.10. The summed E-state index contributed by atoms with van der Waals surface area (Å²) in [5, 5.41) is 2.84. The Labute approximate surface area is 197 Å². The van der Waals surface area contributed by atoms with Crippen molar-refractivity contribution in [1.29, 1.82) is 0 Å². The highest BCUT2D eigenvalue weighted by Crippen LogP contribution is 2.21. The fourth-order valence-electron chi connectivity index (χ4n) is 3.98. The van der Waals surface area contributed by atoms with Gasteiger partial charge in [-0.2, -0.15) is 4.31 Å². The van der Waals surface area contributed by atoms with Crippen LogP contribution in [0, 0.1) is 13.8 Å². The molecule has 7 heteroatoms. The molecule has 0 aromatic heterocycles. The first-order valence-electron chi connectivity index (χ1n) is 11.7. The first kappa shape index (κ1) is 25.1. The van der Waals surface area contributed by atoms with Crippen molar-refractivity contribution in [2.75, 3.05) is 19.6 Å². The number of nitrogens with zero attached hydrogens (tertiary/aromatic N) is 1. The summed E-state index contributed by atoms with van der Waals surface area (Å²) in [7, 11) is -3.45. The number of nitrogens with one attached hydrogen (secondary N) is 1. The second-order valence-electron chi connectivity index (χ2n) is 8.78. The maximum absolute atomic E-state index is 12.9. The molecule has 0 unspecified atom stereocenters. The first-order valence-corrected chi connectivity index (χ1v) is 13.2. The highest BCUT2D eigenvalue weighted by atomic mass is 32.2. The summed E-state index contributed by atoms with van der Waals surface area (Å²) in [6.07, 6.45) is 4.91. The molecule has 0 radical (unpaired) electrons. The zero-order valence-corrected chi connectivity index (χ0v) is 20.4. The minimum atomic E-state index is -3.45. The third kappa shape index (κ3) is 6.98. The molecule has 1 fully saturated rings. The Hall–Kier alpha value is -2.51. The van der Waals surface area contributed by atoms with Crippen LogP contribution in [-0.4, -0.2) is 44.0 Å². The Morgan fingerprint density at radius 1 is 0.879 bits per heavy atom. The van der Waals surface area contributed by atoms with Crippen LogP contribution in [0.15, 0.2) is 47.4 Å². The highest BCUT2D eigenvalue weighted by molar-refractivity contribution is 7.89. The summed E-state index contributed by atoms with van der Waals surface area (Å²) in [5.41, 5.74) is 3.80. The van der Waals surface area contributed by atoms with Crippen molar-refractivity contribution in [2.24, 2.45) is 0 Å². The Kier molecular flexibility index (Phi) is 8.80. The molecular weight excluding hydrogens is 436 g/mol. The maximum Gasteiger partial charge on any atom is 0.243 e. The third-order valence-corrected chi connectivity index (χ3v) is 8.18. The van der Waals surface area contributed by atoms with E-state index in [2.05, 4.69) is 5.32 Å². The number of sulfonamides is 1. The van der Waals surface area contributed by atoms with Gasteiger partial charge in [0.1, 0.15) is 0 Å². The SMILES string of the molecule is Cc1ccc(C(=O)CCC(=O)NCCc2ccc(S(=O)(=O)N3CCCCCC3)cc2)cc1C. The number of Topliss-reactive ketones (excluding diaryl/α,β-unsaturated/α-hetero) is 1. The number of carbonyl (C=O) groups is 2. The van der Waals surface area contributed by atoms with E-state index in [1.54, 1.807) is 34.6 Å². The van der Waals surface area contributed by atoms with Crippen molar-refractivity contribution in [3.63, 3.8) is 0 Å². The molecule has 1 heterocycles. The van der Waals surface area contributed by atoms with Crippen LogP contribution in [0.3, 0.4) is 0 Å². The molecule has 0 saturated carbocycles. The van der Waals surface area contributed by atoms with Crippen LogP contribution in [-0.2, 0) is 21.2 Å². The molecule has 0 spiro atoms. The summed E-state index contributed by atoms with van der Waals surface area (Å²) < 4.78 is 27.3. The molecule has 1 saturated heterocycles. The van der Waals surface area contributed by atoms with Gasteiger partial charge in [0.15, 0.2) is 5.78 Å². The van der Waals surface area contributed by atoms with Gasteiger partial charge >= 0.3 is 0 Å². The van der Waals surface area contributed by atoms with E-state index in [-0.39, 0.29) is 24.5 Å². The number of carbonyl (C=O) groups excluding carboxylic acids is 2. The fourth-order valence-corrected chi connectivity index (χ4v) is 5.50. The van der Waals surface area contributed by atoms with Gasteiger partial charge in [-0.15, -0.1) is 0 Å². The summed E-state index contributed by atoms with van der Waals surface area (Å²) >= 11 is 0. The lowest BCUT2D eigenvalue weighted by atomic mass is 10.0. The predicted octanol–water partition coefficient (Wildman–Crippen LogP) is 4.19. The minimum absolute atomic E-state index is 0.0329. The van der Waals surface area contributed by atoms with E-state index in [1.165, 1.54) is 0 Å². The van der Waals surface area contributed by atoms with Crippen molar-refractivity contribution < 1.29 is 18.0 Å². The van der Waals surface area contributed by atoms with Gasteiger partial charge in [-0.1, -0.05) is 37.1 Å². The average molecular weight is 471 g/mol. The lowest BCUT2D eigenvalue weighted by molar-refractivity contribution is -0.121. The number of aryl methyl sites for hydroxylation is 2. The van der Waals surface area contributed by atoms with E-state index >= 15 is 0 Å². The number of ketones is 1. The Morgan fingerprint density at radius 2 is 1.55 bits per heavy atom. The molecular formula is C26H34N2O4S. The quantitative estimate of drug-likeness (QED) is 0.557. The van der Waals surface area contributed by atoms with Gasteiger partial charge in [-0.05, 0) is 68.0 Å². The third-order valence-electron chi connectivity index (χ3n) is 6.27. The van der Waals surface area contributed by atoms with Crippen LogP contribution in [0.4, 0.5) is 0 Å². The summed E-state index contributed by atoms with van der Waals surface area (Å²) in [6.45, 7) is 5.58. The molecule has 33 heavy (non-hydrogen) atoms. The van der Waals surface area contributed by atoms with Crippen LogP contribution >= 0.6 is 0 Å². The van der Waals surface area contributed by atoms with Gasteiger partial charge in [0.25, 0.3) is 0 Å². The van der Waals surface area contributed by atoms with Gasteiger partial charge < -0.3 is 5.32 Å². The first-order chi connectivity index (χ1) is 15.8.